The lowest BCUT2D eigenvalue weighted by molar-refractivity contribution is -0.456. The van der Waals surface area contributed by atoms with Gasteiger partial charge in [0.1, 0.15) is 0 Å². The van der Waals surface area contributed by atoms with Gasteiger partial charge in [0.05, 0.1) is 0 Å². The highest BCUT2D eigenvalue weighted by Crippen LogP contribution is 2.63. The zero-order valence-electron chi connectivity index (χ0n) is 17.1. The summed E-state index contributed by atoms with van der Waals surface area (Å²) in [6.07, 6.45) is -12.1. The SMILES string of the molecule is CC(C)(C)C(OC(=O)/C=C/C(=O)O)C(F)(F)C(F)(F)C(F)(F)C(F)(F)C(F)(F)C(F)(F)C(F)(F)F. The van der Waals surface area contributed by atoms with Crippen LogP contribution in [0.2, 0.25) is 0 Å². The van der Waals surface area contributed by atoms with Crippen molar-refractivity contribution in [2.24, 2.45) is 5.41 Å². The van der Waals surface area contributed by atoms with Gasteiger partial charge in [-0.05, 0) is 0 Å². The number of carboxylic acids is 1. The first kappa shape index (κ1) is 32.6. The van der Waals surface area contributed by atoms with Crippen molar-refractivity contribution in [3.05, 3.63) is 12.2 Å². The summed E-state index contributed by atoms with van der Waals surface area (Å²) in [5.74, 6) is -52.3. The van der Waals surface area contributed by atoms with Gasteiger partial charge in [0, 0.05) is 17.6 Å². The summed E-state index contributed by atoms with van der Waals surface area (Å²) in [5, 5.41) is 8.28. The number of halogens is 15. The largest absolute Gasteiger partial charge is 0.478 e. The van der Waals surface area contributed by atoms with E-state index in [-0.39, 0.29) is 12.2 Å². The molecule has 0 rings (SSSR count). The topological polar surface area (TPSA) is 63.6 Å². The fourth-order valence-corrected chi connectivity index (χ4v) is 2.23. The van der Waals surface area contributed by atoms with Gasteiger partial charge in [-0.1, -0.05) is 20.8 Å². The molecule has 0 saturated carbocycles. The number of esters is 1. The number of carbonyl (C=O) groups is 2. The quantitative estimate of drug-likeness (QED) is 0.217. The Morgan fingerprint density at radius 1 is 0.629 bits per heavy atom. The van der Waals surface area contributed by atoms with E-state index in [2.05, 4.69) is 4.74 Å². The number of rotatable bonds is 9. The lowest BCUT2D eigenvalue weighted by atomic mass is 9.80. The average Bonchev–Trinajstić information content (AvgIpc) is 2.61. The Balaban J connectivity index is 6.84. The Kier molecular flexibility index (Phi) is 8.33. The van der Waals surface area contributed by atoms with Crippen LogP contribution in [-0.2, 0) is 14.3 Å². The number of alkyl halides is 15. The maximum atomic E-state index is 14.4. The highest BCUT2D eigenvalue weighted by molar-refractivity contribution is 5.90. The molecular weight excluding hydrogens is 541 g/mol. The second kappa shape index (κ2) is 8.94. The van der Waals surface area contributed by atoms with E-state index in [4.69, 9.17) is 5.11 Å². The van der Waals surface area contributed by atoms with Gasteiger partial charge in [-0.25, -0.2) is 9.59 Å². The molecule has 19 heteroatoms. The average molecular weight is 554 g/mol. The summed E-state index contributed by atoms with van der Waals surface area (Å²) < 4.78 is 204. The van der Waals surface area contributed by atoms with Crippen LogP contribution in [0.1, 0.15) is 20.8 Å². The standard InChI is InChI=1S/C16H13F15O4/c1-9(2,3)8(35-7(34)5-4-6(32)33)10(17,18)11(19,20)12(21,22)13(23,24)14(25,26)15(27,28)16(29,30)31/h4-5,8H,1-3H3,(H,32,33)/b5-4+. The zero-order valence-corrected chi connectivity index (χ0v) is 17.1. The molecule has 0 bridgehead atoms. The molecule has 0 fully saturated rings. The summed E-state index contributed by atoms with van der Waals surface area (Å²) in [6, 6.07) is 0. The third kappa shape index (κ3) is 5.26. The van der Waals surface area contributed by atoms with Gasteiger partial charge in [0.15, 0.2) is 6.10 Å². The lowest BCUT2D eigenvalue weighted by Gasteiger charge is -2.44. The fraction of sp³-hybridized carbons (Fsp3) is 0.750. The number of hydrogen-bond donors (Lipinski definition) is 1. The Hall–Kier alpha value is -2.37. The molecule has 1 unspecified atom stereocenters. The second-order valence-corrected chi connectivity index (χ2v) is 7.85. The molecule has 0 aromatic carbocycles. The maximum Gasteiger partial charge on any atom is 0.460 e. The monoisotopic (exact) mass is 554 g/mol. The molecule has 0 aliphatic rings. The van der Waals surface area contributed by atoms with Gasteiger partial charge in [0.25, 0.3) is 0 Å². The first-order valence-corrected chi connectivity index (χ1v) is 8.39. The van der Waals surface area contributed by atoms with E-state index >= 15 is 0 Å². The van der Waals surface area contributed by atoms with Gasteiger partial charge in [-0.2, -0.15) is 65.9 Å². The first-order chi connectivity index (χ1) is 14.9. The predicted octanol–water partition coefficient (Wildman–Crippen LogP) is 5.96. The van der Waals surface area contributed by atoms with Crippen molar-refractivity contribution in [1.82, 2.24) is 0 Å². The van der Waals surface area contributed by atoms with E-state index in [1.54, 1.807) is 0 Å². The molecule has 1 N–H and O–H groups in total. The van der Waals surface area contributed by atoms with E-state index in [1.165, 1.54) is 0 Å². The van der Waals surface area contributed by atoms with Crippen LogP contribution in [-0.4, -0.2) is 64.9 Å². The molecule has 0 radical (unpaired) electrons. The zero-order chi connectivity index (χ0) is 28.9. The molecule has 0 aromatic rings. The summed E-state index contributed by atoms with van der Waals surface area (Å²) in [6.45, 7) is 1.25. The van der Waals surface area contributed by atoms with Crippen LogP contribution in [0.15, 0.2) is 12.2 Å². The van der Waals surface area contributed by atoms with Crippen molar-refractivity contribution >= 4 is 11.9 Å². The van der Waals surface area contributed by atoms with E-state index in [1.807, 2.05) is 0 Å². The smallest absolute Gasteiger partial charge is 0.460 e. The maximum absolute atomic E-state index is 14.4. The van der Waals surface area contributed by atoms with Gasteiger partial charge < -0.3 is 9.84 Å². The van der Waals surface area contributed by atoms with Gasteiger partial charge in [-0.3, -0.25) is 0 Å². The van der Waals surface area contributed by atoms with E-state index in [0.29, 0.717) is 20.8 Å². The molecule has 0 saturated heterocycles. The highest BCUT2D eigenvalue weighted by atomic mass is 19.4. The fourth-order valence-electron chi connectivity index (χ4n) is 2.23. The molecule has 206 valence electrons. The molecule has 0 heterocycles. The van der Waals surface area contributed by atoms with Crippen molar-refractivity contribution in [2.45, 2.75) is 68.6 Å². The Labute approximate surface area is 184 Å². The summed E-state index contributed by atoms with van der Waals surface area (Å²) in [5.41, 5.74) is -2.68. The molecule has 0 aliphatic carbocycles. The second-order valence-electron chi connectivity index (χ2n) is 7.85. The molecule has 1 atom stereocenters. The van der Waals surface area contributed by atoms with Crippen molar-refractivity contribution < 1.29 is 85.3 Å². The van der Waals surface area contributed by atoms with Crippen LogP contribution in [0.5, 0.6) is 0 Å². The van der Waals surface area contributed by atoms with E-state index < -0.39 is 65.2 Å². The number of aliphatic carboxylic acids is 1. The molecule has 0 aliphatic heterocycles. The summed E-state index contributed by atoms with van der Waals surface area (Å²) in [7, 11) is 0. The van der Waals surface area contributed by atoms with Crippen LogP contribution in [0.25, 0.3) is 0 Å². The molecule has 0 spiro atoms. The Morgan fingerprint density at radius 2 is 0.971 bits per heavy atom. The molecular formula is C16H13F15O4. The molecule has 35 heavy (non-hydrogen) atoms. The molecule has 0 aromatic heterocycles. The van der Waals surface area contributed by atoms with Crippen molar-refractivity contribution in [3.63, 3.8) is 0 Å². The van der Waals surface area contributed by atoms with E-state index in [0.717, 1.165) is 0 Å². The van der Waals surface area contributed by atoms with Crippen molar-refractivity contribution in [1.29, 1.82) is 0 Å². The van der Waals surface area contributed by atoms with Crippen LogP contribution >= 0.6 is 0 Å². The number of carbonyl (C=O) groups excluding carboxylic acids is 1. The van der Waals surface area contributed by atoms with Crippen LogP contribution in [0, 0.1) is 5.41 Å². The lowest BCUT2D eigenvalue weighted by Crippen LogP contribution is -2.74. The third-order valence-corrected chi connectivity index (χ3v) is 4.06. The Bertz CT molecular complexity index is 837. The van der Waals surface area contributed by atoms with Crippen LogP contribution < -0.4 is 0 Å². The number of carboxylic acid groups (broad SMARTS) is 1. The van der Waals surface area contributed by atoms with Gasteiger partial charge in [-0.15, -0.1) is 0 Å². The minimum absolute atomic E-state index is 0.152. The van der Waals surface area contributed by atoms with Crippen LogP contribution in [0.3, 0.4) is 0 Å². The normalized spacial score (nSPS) is 16.4. The van der Waals surface area contributed by atoms with E-state index in [9.17, 15) is 75.4 Å². The van der Waals surface area contributed by atoms with Gasteiger partial charge >= 0.3 is 53.7 Å². The summed E-state index contributed by atoms with van der Waals surface area (Å²) >= 11 is 0. The van der Waals surface area contributed by atoms with Crippen LogP contribution in [0.4, 0.5) is 65.9 Å². The number of ether oxygens (including phenoxy) is 1. The van der Waals surface area contributed by atoms with Crippen molar-refractivity contribution in [2.75, 3.05) is 0 Å². The molecule has 4 nitrogen and oxygen atoms in total. The first-order valence-electron chi connectivity index (χ1n) is 8.39. The third-order valence-electron chi connectivity index (χ3n) is 4.06. The van der Waals surface area contributed by atoms with Gasteiger partial charge in [0.2, 0.25) is 0 Å². The number of hydrogen-bond acceptors (Lipinski definition) is 3. The highest BCUT2D eigenvalue weighted by Gasteiger charge is 2.94. The minimum Gasteiger partial charge on any atom is -0.478 e. The minimum atomic E-state index is -8.48. The summed E-state index contributed by atoms with van der Waals surface area (Å²) in [4.78, 5) is 21.7. The predicted molar refractivity (Wildman–Crippen MR) is 81.8 cm³/mol. The Morgan fingerprint density at radius 3 is 1.29 bits per heavy atom. The van der Waals surface area contributed by atoms with Crippen molar-refractivity contribution in [3.8, 4) is 0 Å². The molecule has 0 amide bonds.